The van der Waals surface area contributed by atoms with Crippen molar-refractivity contribution >= 4 is 29.3 Å². The van der Waals surface area contributed by atoms with E-state index in [4.69, 9.17) is 11.5 Å². The molecular formula is C15H25N5OS. The first-order valence-corrected chi connectivity index (χ1v) is 8.62. The largest absolute Gasteiger partial charge is 0.383 e. The number of nitrogens with two attached hydrogens (primary N) is 2. The van der Waals surface area contributed by atoms with Gasteiger partial charge in [0.1, 0.15) is 11.6 Å². The Kier molecular flexibility index (Phi) is 5.50. The van der Waals surface area contributed by atoms with Crippen molar-refractivity contribution in [3.8, 4) is 0 Å². The minimum atomic E-state index is -0.286. The highest BCUT2D eigenvalue weighted by atomic mass is 32.2. The molecule has 1 aliphatic rings. The lowest BCUT2D eigenvalue weighted by molar-refractivity contribution is -0.121. The number of rotatable bonds is 4. The summed E-state index contributed by atoms with van der Waals surface area (Å²) in [7, 11) is 0. The summed E-state index contributed by atoms with van der Waals surface area (Å²) in [5.41, 5.74) is 11.3. The summed E-state index contributed by atoms with van der Waals surface area (Å²) in [4.78, 5) is 20.6. The summed E-state index contributed by atoms with van der Waals surface area (Å²) >= 11 is 1.28. The maximum Gasteiger partial charge on any atom is 0.233 e. The van der Waals surface area contributed by atoms with Gasteiger partial charge in [0, 0.05) is 12.1 Å². The number of nitrogens with one attached hydrogen (secondary N) is 1. The Balaban J connectivity index is 1.94. The smallest absolute Gasteiger partial charge is 0.233 e. The van der Waals surface area contributed by atoms with Gasteiger partial charge in [-0.25, -0.2) is 9.97 Å². The average molecular weight is 323 g/mol. The fourth-order valence-electron chi connectivity index (χ4n) is 2.81. The molecule has 6 nitrogen and oxygen atoms in total. The second-order valence-electron chi connectivity index (χ2n) is 6.14. The summed E-state index contributed by atoms with van der Waals surface area (Å²) in [6.45, 7) is 6.32. The SMILES string of the molecule is C[C@@H]1[C@H](C)CCC[C@H]1NC(=O)[C@@H](C)Sc1nc(N)cc(N)n1. The van der Waals surface area contributed by atoms with Crippen molar-refractivity contribution in [2.45, 2.75) is 56.5 Å². The molecule has 5 N–H and O–H groups in total. The first-order chi connectivity index (χ1) is 10.4. The highest BCUT2D eigenvalue weighted by molar-refractivity contribution is 8.00. The molecule has 1 heterocycles. The van der Waals surface area contributed by atoms with Crippen LogP contribution in [0.5, 0.6) is 0 Å². The van der Waals surface area contributed by atoms with Crippen LogP contribution in [0.3, 0.4) is 0 Å². The standard InChI is InChI=1S/C15H25N5OS/c1-8-5-4-6-11(9(8)2)18-14(21)10(3)22-15-19-12(16)7-13(17)20-15/h7-11H,4-6H2,1-3H3,(H,18,21)(H4,16,17,19,20)/t8-,9-,10-,11-/m1/s1. The van der Waals surface area contributed by atoms with Crippen molar-refractivity contribution in [2.75, 3.05) is 11.5 Å². The zero-order valence-corrected chi connectivity index (χ0v) is 14.2. The molecule has 0 aliphatic heterocycles. The third-order valence-corrected chi connectivity index (χ3v) is 5.39. The first-order valence-electron chi connectivity index (χ1n) is 7.74. The first kappa shape index (κ1) is 16.9. The van der Waals surface area contributed by atoms with Gasteiger partial charge in [0.05, 0.1) is 5.25 Å². The minimum Gasteiger partial charge on any atom is -0.383 e. The molecule has 1 saturated carbocycles. The number of thioether (sulfide) groups is 1. The zero-order chi connectivity index (χ0) is 16.3. The number of carbonyl (C=O) groups excluding carboxylic acids is 1. The van der Waals surface area contributed by atoms with E-state index in [1.807, 2.05) is 6.92 Å². The van der Waals surface area contributed by atoms with Gasteiger partial charge in [-0.15, -0.1) is 0 Å². The summed E-state index contributed by atoms with van der Waals surface area (Å²) < 4.78 is 0. The molecule has 1 fully saturated rings. The van der Waals surface area contributed by atoms with Gasteiger partial charge in [-0.3, -0.25) is 4.79 Å². The minimum absolute atomic E-state index is 0.0144. The van der Waals surface area contributed by atoms with Gasteiger partial charge in [-0.2, -0.15) is 0 Å². The van der Waals surface area contributed by atoms with E-state index in [-0.39, 0.29) is 17.2 Å². The van der Waals surface area contributed by atoms with Gasteiger partial charge in [0.2, 0.25) is 5.91 Å². The van der Waals surface area contributed by atoms with Crippen LogP contribution in [0.15, 0.2) is 11.2 Å². The predicted octanol–water partition coefficient (Wildman–Crippen LogP) is 2.06. The molecule has 1 amide bonds. The Hall–Kier alpha value is -1.50. The number of amides is 1. The molecular weight excluding hydrogens is 298 g/mol. The summed E-state index contributed by atoms with van der Waals surface area (Å²) in [5, 5.41) is 3.32. The summed E-state index contributed by atoms with van der Waals surface area (Å²) in [6, 6.07) is 1.76. The van der Waals surface area contributed by atoms with Crippen molar-refractivity contribution in [3.63, 3.8) is 0 Å². The van der Waals surface area contributed by atoms with Crippen LogP contribution in [-0.4, -0.2) is 27.2 Å². The van der Waals surface area contributed by atoms with Crippen LogP contribution in [0.4, 0.5) is 11.6 Å². The van der Waals surface area contributed by atoms with Crippen LogP contribution in [0.25, 0.3) is 0 Å². The summed E-state index contributed by atoms with van der Waals surface area (Å²) in [6.07, 6.45) is 3.47. The van der Waals surface area contributed by atoms with E-state index in [0.717, 1.165) is 6.42 Å². The number of nitrogen functional groups attached to an aromatic ring is 2. The Labute approximate surface area is 135 Å². The van der Waals surface area contributed by atoms with E-state index in [2.05, 4.69) is 29.1 Å². The number of hydrogen-bond donors (Lipinski definition) is 3. The second-order valence-corrected chi connectivity index (χ2v) is 7.45. The van der Waals surface area contributed by atoms with Crippen molar-refractivity contribution in [1.29, 1.82) is 0 Å². The normalized spacial score (nSPS) is 26.4. The van der Waals surface area contributed by atoms with Crippen molar-refractivity contribution in [3.05, 3.63) is 6.07 Å². The topological polar surface area (TPSA) is 107 Å². The number of carbonyl (C=O) groups is 1. The number of nitrogens with zero attached hydrogens (tertiary/aromatic N) is 2. The molecule has 0 radical (unpaired) electrons. The van der Waals surface area contributed by atoms with Gasteiger partial charge in [0.25, 0.3) is 0 Å². The van der Waals surface area contributed by atoms with Gasteiger partial charge < -0.3 is 16.8 Å². The van der Waals surface area contributed by atoms with Gasteiger partial charge >= 0.3 is 0 Å². The van der Waals surface area contributed by atoms with E-state index in [0.29, 0.717) is 28.6 Å². The molecule has 1 aromatic heterocycles. The van der Waals surface area contributed by atoms with E-state index < -0.39 is 0 Å². The molecule has 0 saturated heterocycles. The van der Waals surface area contributed by atoms with Crippen LogP contribution < -0.4 is 16.8 Å². The lowest BCUT2D eigenvalue weighted by Crippen LogP contribution is -2.46. The molecule has 0 unspecified atom stereocenters. The van der Waals surface area contributed by atoms with E-state index in [9.17, 15) is 4.79 Å². The molecule has 0 bridgehead atoms. The maximum atomic E-state index is 12.4. The van der Waals surface area contributed by atoms with E-state index in [1.54, 1.807) is 0 Å². The quantitative estimate of drug-likeness (QED) is 0.578. The number of hydrogen-bond acceptors (Lipinski definition) is 6. The van der Waals surface area contributed by atoms with Crippen LogP contribution in [0.2, 0.25) is 0 Å². The lowest BCUT2D eigenvalue weighted by Gasteiger charge is -2.35. The molecule has 0 spiro atoms. The average Bonchev–Trinajstić information content (AvgIpc) is 2.42. The lowest BCUT2D eigenvalue weighted by atomic mass is 9.78. The molecule has 1 aliphatic carbocycles. The third-order valence-electron chi connectivity index (χ3n) is 4.43. The monoisotopic (exact) mass is 323 g/mol. The molecule has 2 rings (SSSR count). The Morgan fingerprint density at radius 3 is 2.59 bits per heavy atom. The third kappa shape index (κ3) is 4.25. The van der Waals surface area contributed by atoms with Gasteiger partial charge in [-0.1, -0.05) is 38.5 Å². The second kappa shape index (κ2) is 7.17. The van der Waals surface area contributed by atoms with E-state index in [1.165, 1.54) is 30.7 Å². The van der Waals surface area contributed by atoms with Crippen LogP contribution in [0.1, 0.15) is 40.0 Å². The highest BCUT2D eigenvalue weighted by Crippen LogP contribution is 2.30. The van der Waals surface area contributed by atoms with Crippen molar-refractivity contribution < 1.29 is 4.79 Å². The van der Waals surface area contributed by atoms with Crippen molar-refractivity contribution in [1.82, 2.24) is 15.3 Å². The molecule has 122 valence electrons. The fourth-order valence-corrected chi connectivity index (χ4v) is 3.62. The number of aromatic nitrogens is 2. The van der Waals surface area contributed by atoms with Gasteiger partial charge in [-0.05, 0) is 25.2 Å². The summed E-state index contributed by atoms with van der Waals surface area (Å²) in [5.74, 6) is 1.81. The zero-order valence-electron chi connectivity index (χ0n) is 13.4. The molecule has 7 heteroatoms. The van der Waals surface area contributed by atoms with E-state index >= 15 is 0 Å². The molecule has 22 heavy (non-hydrogen) atoms. The maximum absolute atomic E-state index is 12.4. The highest BCUT2D eigenvalue weighted by Gasteiger charge is 2.29. The number of anilines is 2. The molecule has 0 aromatic carbocycles. The Bertz CT molecular complexity index is 518. The van der Waals surface area contributed by atoms with Crippen LogP contribution in [-0.2, 0) is 4.79 Å². The fraction of sp³-hybridized carbons (Fsp3) is 0.667. The van der Waals surface area contributed by atoms with Crippen LogP contribution in [0, 0.1) is 11.8 Å². The Morgan fingerprint density at radius 1 is 1.32 bits per heavy atom. The molecule has 4 atom stereocenters. The predicted molar refractivity (Wildman–Crippen MR) is 90.3 cm³/mol. The Morgan fingerprint density at radius 2 is 1.95 bits per heavy atom. The molecule has 1 aromatic rings. The van der Waals surface area contributed by atoms with Crippen LogP contribution >= 0.6 is 11.8 Å². The van der Waals surface area contributed by atoms with Gasteiger partial charge in [0.15, 0.2) is 5.16 Å². The van der Waals surface area contributed by atoms with Crippen molar-refractivity contribution in [2.24, 2.45) is 11.8 Å².